The minimum Gasteiger partial charge on any atom is -0.497 e. The summed E-state index contributed by atoms with van der Waals surface area (Å²) in [5.41, 5.74) is 2.54. The molecule has 0 aliphatic carbocycles. The summed E-state index contributed by atoms with van der Waals surface area (Å²) in [5.74, 6) is 1.41. The zero-order valence-electron chi connectivity index (χ0n) is 18.2. The van der Waals surface area contributed by atoms with E-state index in [0.717, 1.165) is 43.5 Å². The van der Waals surface area contributed by atoms with Crippen LogP contribution in [0.1, 0.15) is 5.56 Å². The molecule has 3 aromatic rings. The Hall–Kier alpha value is -2.82. The van der Waals surface area contributed by atoms with Gasteiger partial charge in [-0.3, -0.25) is 4.99 Å². The number of methoxy groups -OCH3 is 1. The largest absolute Gasteiger partial charge is 0.497 e. The molecule has 0 atom stereocenters. The number of nitrogens with zero attached hydrogens (tertiary/aromatic N) is 5. The highest BCUT2D eigenvalue weighted by atomic mass is 127. The molecule has 170 valence electrons. The van der Waals surface area contributed by atoms with Gasteiger partial charge >= 0.3 is 0 Å². The molecule has 2 heterocycles. The first kappa shape index (κ1) is 23.8. The standard InChI is InChI=1S/C23H27FN6O.HI/c1-25-23(27-16-18-3-8-22(21(24)15-18)30-10-9-26-17-30)29-13-11-28(12-14-29)19-4-6-20(31-2)7-5-19;/h3-10,15,17H,11-14,16H2,1-2H3,(H,25,27);1H. The van der Waals surface area contributed by atoms with Crippen LogP contribution in [0.5, 0.6) is 5.75 Å². The van der Waals surface area contributed by atoms with Crippen LogP contribution >= 0.6 is 24.0 Å². The van der Waals surface area contributed by atoms with Crippen LogP contribution in [0.3, 0.4) is 0 Å². The molecule has 1 N–H and O–H groups in total. The van der Waals surface area contributed by atoms with Gasteiger partial charge in [-0.15, -0.1) is 24.0 Å². The third-order valence-corrected chi connectivity index (χ3v) is 5.47. The first-order chi connectivity index (χ1) is 15.2. The molecule has 1 aliphatic heterocycles. The molecule has 0 bridgehead atoms. The Morgan fingerprint density at radius 2 is 1.88 bits per heavy atom. The third kappa shape index (κ3) is 5.50. The molecule has 0 spiro atoms. The van der Waals surface area contributed by atoms with Crippen molar-refractivity contribution in [1.82, 2.24) is 19.8 Å². The molecule has 1 fully saturated rings. The highest BCUT2D eigenvalue weighted by Crippen LogP contribution is 2.20. The van der Waals surface area contributed by atoms with Crippen molar-refractivity contribution in [3.8, 4) is 11.4 Å². The van der Waals surface area contributed by atoms with E-state index in [1.54, 1.807) is 49.6 Å². The van der Waals surface area contributed by atoms with Crippen LogP contribution < -0.4 is 15.0 Å². The molecular formula is C23H28FIN6O. The minimum absolute atomic E-state index is 0. The van der Waals surface area contributed by atoms with Crippen molar-refractivity contribution < 1.29 is 9.13 Å². The Balaban J connectivity index is 0.00000289. The first-order valence-corrected chi connectivity index (χ1v) is 10.3. The average Bonchev–Trinajstić information content (AvgIpc) is 3.35. The topological polar surface area (TPSA) is 57.9 Å². The normalized spacial score (nSPS) is 14.2. The van der Waals surface area contributed by atoms with Crippen LogP contribution in [0.2, 0.25) is 0 Å². The van der Waals surface area contributed by atoms with Gasteiger partial charge in [0.25, 0.3) is 0 Å². The Morgan fingerprint density at radius 3 is 2.47 bits per heavy atom. The molecule has 0 unspecified atom stereocenters. The highest BCUT2D eigenvalue weighted by molar-refractivity contribution is 14.0. The number of halogens is 2. The first-order valence-electron chi connectivity index (χ1n) is 10.3. The van der Waals surface area contributed by atoms with Crippen LogP contribution in [-0.4, -0.2) is 60.7 Å². The zero-order chi connectivity index (χ0) is 21.6. The number of nitrogens with one attached hydrogen (secondary N) is 1. The van der Waals surface area contributed by atoms with Crippen LogP contribution in [0.25, 0.3) is 5.69 Å². The summed E-state index contributed by atoms with van der Waals surface area (Å²) in [7, 11) is 3.45. The van der Waals surface area contributed by atoms with Gasteiger partial charge in [0.1, 0.15) is 11.6 Å². The predicted octanol–water partition coefficient (Wildman–Crippen LogP) is 3.54. The fourth-order valence-electron chi connectivity index (χ4n) is 3.75. The summed E-state index contributed by atoms with van der Waals surface area (Å²) in [6.07, 6.45) is 4.95. The van der Waals surface area contributed by atoms with Gasteiger partial charge in [0.05, 0.1) is 19.1 Å². The van der Waals surface area contributed by atoms with E-state index in [0.29, 0.717) is 12.2 Å². The summed E-state index contributed by atoms with van der Waals surface area (Å²) in [5, 5.41) is 3.36. The quantitative estimate of drug-likeness (QED) is 0.300. The van der Waals surface area contributed by atoms with E-state index in [9.17, 15) is 4.39 Å². The third-order valence-electron chi connectivity index (χ3n) is 5.47. The minimum atomic E-state index is -0.277. The van der Waals surface area contributed by atoms with Crippen molar-refractivity contribution in [2.24, 2.45) is 4.99 Å². The van der Waals surface area contributed by atoms with E-state index in [4.69, 9.17) is 4.74 Å². The smallest absolute Gasteiger partial charge is 0.194 e. The summed E-state index contributed by atoms with van der Waals surface area (Å²) < 4.78 is 21.4. The van der Waals surface area contributed by atoms with Gasteiger partial charge in [-0.2, -0.15) is 0 Å². The Bertz CT molecular complexity index is 1020. The number of piperazine rings is 1. The lowest BCUT2D eigenvalue weighted by molar-refractivity contribution is 0.372. The lowest BCUT2D eigenvalue weighted by atomic mass is 10.2. The van der Waals surface area contributed by atoms with Crippen LogP contribution in [-0.2, 0) is 6.54 Å². The lowest BCUT2D eigenvalue weighted by Crippen LogP contribution is -2.52. The Labute approximate surface area is 204 Å². The summed E-state index contributed by atoms with van der Waals surface area (Å²) in [6.45, 7) is 4.04. The van der Waals surface area contributed by atoms with Crippen molar-refractivity contribution in [3.05, 3.63) is 72.6 Å². The molecular weight excluding hydrogens is 522 g/mol. The number of imidazole rings is 1. The highest BCUT2D eigenvalue weighted by Gasteiger charge is 2.20. The molecule has 32 heavy (non-hydrogen) atoms. The van der Waals surface area contributed by atoms with Gasteiger partial charge in [0, 0.05) is 57.9 Å². The van der Waals surface area contributed by atoms with Crippen molar-refractivity contribution in [2.45, 2.75) is 6.54 Å². The summed E-state index contributed by atoms with van der Waals surface area (Å²) in [4.78, 5) is 13.0. The number of guanidine groups is 1. The number of anilines is 1. The predicted molar refractivity (Wildman–Crippen MR) is 136 cm³/mol. The number of ether oxygens (including phenoxy) is 1. The van der Waals surface area contributed by atoms with Gasteiger partial charge in [0.15, 0.2) is 5.96 Å². The van der Waals surface area contributed by atoms with E-state index in [1.165, 1.54) is 5.69 Å². The molecule has 4 rings (SSSR count). The maximum Gasteiger partial charge on any atom is 0.194 e. The Morgan fingerprint density at radius 1 is 1.12 bits per heavy atom. The van der Waals surface area contributed by atoms with Crippen LogP contribution in [0, 0.1) is 5.82 Å². The molecule has 7 nitrogen and oxygen atoms in total. The number of aliphatic imine (C=N–C) groups is 1. The van der Waals surface area contributed by atoms with Gasteiger partial charge in [-0.25, -0.2) is 9.37 Å². The second-order valence-corrected chi connectivity index (χ2v) is 7.33. The van der Waals surface area contributed by atoms with Crippen molar-refractivity contribution >= 4 is 35.6 Å². The molecule has 1 aromatic heterocycles. The monoisotopic (exact) mass is 550 g/mol. The van der Waals surface area contributed by atoms with Crippen molar-refractivity contribution in [1.29, 1.82) is 0 Å². The van der Waals surface area contributed by atoms with Gasteiger partial charge < -0.3 is 24.4 Å². The molecule has 2 aromatic carbocycles. The van der Waals surface area contributed by atoms with Crippen molar-refractivity contribution in [3.63, 3.8) is 0 Å². The van der Waals surface area contributed by atoms with E-state index in [-0.39, 0.29) is 29.8 Å². The molecule has 9 heteroatoms. The second-order valence-electron chi connectivity index (χ2n) is 7.33. The summed E-state index contributed by atoms with van der Waals surface area (Å²) >= 11 is 0. The maximum absolute atomic E-state index is 14.5. The molecule has 1 aliphatic rings. The number of aromatic nitrogens is 2. The maximum atomic E-state index is 14.5. The fraction of sp³-hybridized carbons (Fsp3) is 0.304. The van der Waals surface area contributed by atoms with E-state index < -0.39 is 0 Å². The second kappa shape index (κ2) is 11.2. The van der Waals surface area contributed by atoms with Gasteiger partial charge in [-0.05, 0) is 42.0 Å². The summed E-state index contributed by atoms with van der Waals surface area (Å²) in [6, 6.07) is 13.4. The molecule has 0 radical (unpaired) electrons. The van der Waals surface area contributed by atoms with E-state index in [1.807, 2.05) is 18.2 Å². The van der Waals surface area contributed by atoms with Gasteiger partial charge in [0.2, 0.25) is 0 Å². The molecule has 0 amide bonds. The SMILES string of the molecule is CN=C(NCc1ccc(-n2ccnc2)c(F)c1)N1CCN(c2ccc(OC)cc2)CC1.I. The zero-order valence-corrected chi connectivity index (χ0v) is 20.6. The van der Waals surface area contributed by atoms with Gasteiger partial charge in [-0.1, -0.05) is 6.07 Å². The average molecular weight is 550 g/mol. The lowest BCUT2D eigenvalue weighted by Gasteiger charge is -2.37. The van der Waals surface area contributed by atoms with Crippen LogP contribution in [0.4, 0.5) is 10.1 Å². The van der Waals surface area contributed by atoms with E-state index >= 15 is 0 Å². The molecule has 1 saturated heterocycles. The van der Waals surface area contributed by atoms with Crippen molar-refractivity contribution in [2.75, 3.05) is 45.2 Å². The number of benzene rings is 2. The molecule has 0 saturated carbocycles. The number of hydrogen-bond donors (Lipinski definition) is 1. The number of hydrogen-bond acceptors (Lipinski definition) is 4. The number of rotatable bonds is 5. The van der Waals surface area contributed by atoms with Crippen LogP contribution in [0.15, 0.2) is 66.2 Å². The fourth-order valence-corrected chi connectivity index (χ4v) is 3.75. The Kier molecular flexibility index (Phi) is 8.32. The van der Waals surface area contributed by atoms with E-state index in [2.05, 4.69) is 37.2 Å².